The van der Waals surface area contributed by atoms with Gasteiger partial charge < -0.3 is 14.8 Å². The molecule has 1 unspecified atom stereocenters. The quantitative estimate of drug-likeness (QED) is 0.793. The molecule has 0 aliphatic heterocycles. The second kappa shape index (κ2) is 7.50. The van der Waals surface area contributed by atoms with Crippen LogP contribution in [0.25, 0.3) is 0 Å². The molecular weight excluding hydrogens is 278 g/mol. The molecule has 0 aliphatic rings. The van der Waals surface area contributed by atoms with Gasteiger partial charge in [-0.15, -0.1) is 0 Å². The van der Waals surface area contributed by atoms with Crippen LogP contribution in [0.2, 0.25) is 0 Å². The van der Waals surface area contributed by atoms with E-state index in [1.54, 1.807) is 21.1 Å². The van der Waals surface area contributed by atoms with Crippen LogP contribution >= 0.6 is 0 Å². The zero-order valence-corrected chi connectivity index (χ0v) is 13.3. The van der Waals surface area contributed by atoms with E-state index in [4.69, 9.17) is 9.47 Å². The van der Waals surface area contributed by atoms with E-state index in [1.165, 1.54) is 0 Å². The van der Waals surface area contributed by atoms with Crippen LogP contribution in [0.4, 0.5) is 0 Å². The van der Waals surface area contributed by atoms with Crippen molar-refractivity contribution in [2.45, 2.75) is 19.9 Å². The summed E-state index contributed by atoms with van der Waals surface area (Å²) in [6.07, 6.45) is 0. The zero-order valence-electron chi connectivity index (χ0n) is 12.5. The van der Waals surface area contributed by atoms with Gasteiger partial charge in [-0.25, -0.2) is 8.42 Å². The van der Waals surface area contributed by atoms with Crippen molar-refractivity contribution in [2.24, 2.45) is 0 Å². The fourth-order valence-electron chi connectivity index (χ4n) is 1.86. The first-order valence-corrected chi connectivity index (χ1v) is 8.41. The SMILES string of the molecule is CCS(=O)(=O)CCNC(C)c1ccc(OC)cc1OC. The highest BCUT2D eigenvalue weighted by Crippen LogP contribution is 2.29. The van der Waals surface area contributed by atoms with E-state index in [0.29, 0.717) is 6.54 Å². The molecule has 1 atom stereocenters. The van der Waals surface area contributed by atoms with Gasteiger partial charge in [0, 0.05) is 30.0 Å². The summed E-state index contributed by atoms with van der Waals surface area (Å²) in [7, 11) is 0.269. The molecule has 20 heavy (non-hydrogen) atoms. The van der Waals surface area contributed by atoms with Crippen molar-refractivity contribution < 1.29 is 17.9 Å². The van der Waals surface area contributed by atoms with Gasteiger partial charge in [0.15, 0.2) is 9.84 Å². The third-order valence-corrected chi connectivity index (χ3v) is 4.92. The second-order valence-corrected chi connectivity index (χ2v) is 6.99. The molecule has 0 saturated carbocycles. The fourth-order valence-corrected chi connectivity index (χ4v) is 2.58. The molecule has 0 spiro atoms. The highest BCUT2D eigenvalue weighted by atomic mass is 32.2. The van der Waals surface area contributed by atoms with E-state index >= 15 is 0 Å². The van der Waals surface area contributed by atoms with E-state index in [2.05, 4.69) is 5.32 Å². The average Bonchev–Trinajstić information content (AvgIpc) is 2.46. The molecule has 5 nitrogen and oxygen atoms in total. The van der Waals surface area contributed by atoms with Crippen molar-refractivity contribution in [3.8, 4) is 11.5 Å². The summed E-state index contributed by atoms with van der Waals surface area (Å²) in [4.78, 5) is 0. The maximum atomic E-state index is 11.4. The Kier molecular flexibility index (Phi) is 6.29. The lowest BCUT2D eigenvalue weighted by Gasteiger charge is -2.18. The minimum absolute atomic E-state index is 0.00270. The topological polar surface area (TPSA) is 64.6 Å². The average molecular weight is 301 g/mol. The molecule has 1 rings (SSSR count). The Balaban J connectivity index is 2.70. The third-order valence-electron chi connectivity index (χ3n) is 3.21. The number of nitrogens with one attached hydrogen (secondary N) is 1. The number of rotatable bonds is 8. The fraction of sp³-hybridized carbons (Fsp3) is 0.571. The van der Waals surface area contributed by atoms with E-state index < -0.39 is 9.84 Å². The maximum Gasteiger partial charge on any atom is 0.151 e. The Labute approximate surface area is 121 Å². The lowest BCUT2D eigenvalue weighted by atomic mass is 10.1. The van der Waals surface area contributed by atoms with E-state index in [9.17, 15) is 8.42 Å². The Morgan fingerprint density at radius 1 is 1.25 bits per heavy atom. The number of hydrogen-bond acceptors (Lipinski definition) is 5. The molecule has 0 amide bonds. The summed E-state index contributed by atoms with van der Waals surface area (Å²) < 4.78 is 33.4. The van der Waals surface area contributed by atoms with Crippen LogP contribution in [0.3, 0.4) is 0 Å². The lowest BCUT2D eigenvalue weighted by molar-refractivity contribution is 0.386. The molecule has 0 bridgehead atoms. The van der Waals surface area contributed by atoms with Crippen LogP contribution < -0.4 is 14.8 Å². The Bertz CT molecular complexity index is 528. The predicted octanol–water partition coefficient (Wildman–Crippen LogP) is 1.79. The normalized spacial score (nSPS) is 13.0. The van der Waals surface area contributed by atoms with Crippen molar-refractivity contribution >= 4 is 9.84 Å². The summed E-state index contributed by atoms with van der Waals surface area (Å²) in [6.45, 7) is 4.06. The smallest absolute Gasteiger partial charge is 0.151 e. The summed E-state index contributed by atoms with van der Waals surface area (Å²) in [5.41, 5.74) is 0.974. The lowest BCUT2D eigenvalue weighted by Crippen LogP contribution is -2.26. The van der Waals surface area contributed by atoms with E-state index in [0.717, 1.165) is 17.1 Å². The minimum atomic E-state index is -2.94. The molecule has 0 aromatic heterocycles. The standard InChI is InChI=1S/C14H23NO4S/c1-5-20(16,17)9-8-15-11(2)13-7-6-12(18-3)10-14(13)19-4/h6-7,10-11,15H,5,8-9H2,1-4H3. The molecule has 0 fully saturated rings. The van der Waals surface area contributed by atoms with Crippen LogP contribution in [0.5, 0.6) is 11.5 Å². The Hall–Kier alpha value is -1.27. The van der Waals surface area contributed by atoms with Gasteiger partial charge in [-0.1, -0.05) is 13.0 Å². The summed E-state index contributed by atoms with van der Waals surface area (Å²) in [5, 5.41) is 3.20. The molecule has 6 heteroatoms. The molecule has 114 valence electrons. The largest absolute Gasteiger partial charge is 0.497 e. The van der Waals surface area contributed by atoms with Gasteiger partial charge >= 0.3 is 0 Å². The molecular formula is C14H23NO4S. The first-order valence-electron chi connectivity index (χ1n) is 6.59. The van der Waals surface area contributed by atoms with Crippen LogP contribution in [-0.2, 0) is 9.84 Å². The van der Waals surface area contributed by atoms with Crippen LogP contribution in [-0.4, -0.2) is 40.7 Å². The summed E-state index contributed by atoms with van der Waals surface area (Å²) in [5.74, 6) is 1.77. The minimum Gasteiger partial charge on any atom is -0.497 e. The highest BCUT2D eigenvalue weighted by Gasteiger charge is 2.13. The first kappa shape index (κ1) is 16.8. The Morgan fingerprint density at radius 2 is 1.95 bits per heavy atom. The Morgan fingerprint density at radius 3 is 2.50 bits per heavy atom. The second-order valence-electron chi connectivity index (χ2n) is 4.52. The number of sulfone groups is 1. The molecule has 1 aromatic rings. The van der Waals surface area contributed by atoms with Crippen molar-refractivity contribution in [2.75, 3.05) is 32.3 Å². The van der Waals surface area contributed by atoms with Gasteiger partial charge in [0.1, 0.15) is 11.5 Å². The number of benzene rings is 1. The van der Waals surface area contributed by atoms with Crippen molar-refractivity contribution in [3.05, 3.63) is 23.8 Å². The highest BCUT2D eigenvalue weighted by molar-refractivity contribution is 7.91. The maximum absolute atomic E-state index is 11.4. The van der Waals surface area contributed by atoms with Crippen LogP contribution in [0.15, 0.2) is 18.2 Å². The molecule has 1 N–H and O–H groups in total. The van der Waals surface area contributed by atoms with Crippen LogP contribution in [0.1, 0.15) is 25.5 Å². The van der Waals surface area contributed by atoms with Crippen LogP contribution in [0, 0.1) is 0 Å². The third kappa shape index (κ3) is 4.68. The van der Waals surface area contributed by atoms with Gasteiger partial charge in [-0.3, -0.25) is 0 Å². The summed E-state index contributed by atoms with van der Waals surface area (Å²) in [6, 6.07) is 5.60. The van der Waals surface area contributed by atoms with E-state index in [1.807, 2.05) is 25.1 Å². The van der Waals surface area contributed by atoms with Crippen molar-refractivity contribution in [3.63, 3.8) is 0 Å². The molecule has 0 heterocycles. The first-order chi connectivity index (χ1) is 9.43. The van der Waals surface area contributed by atoms with Gasteiger partial charge in [0.2, 0.25) is 0 Å². The molecule has 0 aliphatic carbocycles. The number of hydrogen-bond donors (Lipinski definition) is 1. The van der Waals surface area contributed by atoms with Gasteiger partial charge in [-0.05, 0) is 13.0 Å². The molecule has 1 aromatic carbocycles. The summed E-state index contributed by atoms with van der Waals surface area (Å²) >= 11 is 0. The van der Waals surface area contributed by atoms with Crippen molar-refractivity contribution in [1.82, 2.24) is 5.32 Å². The molecule has 0 radical (unpaired) electrons. The number of ether oxygens (including phenoxy) is 2. The van der Waals surface area contributed by atoms with Crippen molar-refractivity contribution in [1.29, 1.82) is 0 Å². The van der Waals surface area contributed by atoms with Gasteiger partial charge in [0.25, 0.3) is 0 Å². The predicted molar refractivity (Wildman–Crippen MR) is 80.3 cm³/mol. The number of methoxy groups -OCH3 is 2. The monoisotopic (exact) mass is 301 g/mol. The van der Waals surface area contributed by atoms with Gasteiger partial charge in [-0.2, -0.15) is 0 Å². The van der Waals surface area contributed by atoms with E-state index in [-0.39, 0.29) is 17.5 Å². The zero-order chi connectivity index (χ0) is 15.2. The molecule has 0 saturated heterocycles. The van der Waals surface area contributed by atoms with Gasteiger partial charge in [0.05, 0.1) is 20.0 Å².